The molecule has 3 nitrogen and oxygen atoms in total. The van der Waals surface area contributed by atoms with Crippen molar-refractivity contribution in [1.29, 1.82) is 0 Å². The summed E-state index contributed by atoms with van der Waals surface area (Å²) in [4.78, 5) is 13.7. The van der Waals surface area contributed by atoms with Gasteiger partial charge in [0.05, 0.1) is 16.4 Å². The third kappa shape index (κ3) is 4.99. The van der Waals surface area contributed by atoms with Crippen LogP contribution in [0.1, 0.15) is 53.7 Å². The smallest absolute Gasteiger partial charge is 0.261 e. The first-order valence-corrected chi connectivity index (χ1v) is 7.69. The zero-order valence-electron chi connectivity index (χ0n) is 12.7. The summed E-state index contributed by atoms with van der Waals surface area (Å²) in [6.45, 7) is 9.09. The van der Waals surface area contributed by atoms with Crippen molar-refractivity contribution in [3.8, 4) is 11.8 Å². The van der Waals surface area contributed by atoms with E-state index in [0.29, 0.717) is 17.8 Å². The van der Waals surface area contributed by atoms with Crippen LogP contribution in [0.15, 0.2) is 6.07 Å². The normalized spacial score (nSPS) is 10.8. The van der Waals surface area contributed by atoms with Gasteiger partial charge < -0.3 is 10.4 Å². The zero-order valence-corrected chi connectivity index (χ0v) is 13.5. The van der Waals surface area contributed by atoms with Gasteiger partial charge in [0, 0.05) is 13.0 Å². The molecule has 1 rings (SSSR count). The number of aliphatic hydroxyl groups is 1. The van der Waals surface area contributed by atoms with E-state index >= 15 is 0 Å². The number of aliphatic hydroxyl groups excluding tert-OH is 1. The molecule has 0 saturated heterocycles. The fraction of sp³-hybridized carbons (Fsp3) is 0.562. The molecule has 0 bridgehead atoms. The topological polar surface area (TPSA) is 49.3 Å². The number of rotatable bonds is 5. The van der Waals surface area contributed by atoms with E-state index in [1.165, 1.54) is 11.3 Å². The number of amides is 1. The SMILES string of the molecule is CCC(C)(C)CNC(=O)c1cc(C)c(C#CCCO)s1. The minimum atomic E-state index is -0.0326. The van der Waals surface area contributed by atoms with Crippen LogP contribution >= 0.6 is 11.3 Å². The lowest BCUT2D eigenvalue weighted by Crippen LogP contribution is -2.33. The molecule has 0 unspecified atom stereocenters. The van der Waals surface area contributed by atoms with Crippen molar-refractivity contribution in [2.45, 2.75) is 40.5 Å². The molecule has 2 N–H and O–H groups in total. The molecule has 4 heteroatoms. The molecule has 0 atom stereocenters. The highest BCUT2D eigenvalue weighted by atomic mass is 32.1. The first kappa shape index (κ1) is 16.7. The van der Waals surface area contributed by atoms with Crippen LogP contribution < -0.4 is 5.32 Å². The number of thiophene rings is 1. The Morgan fingerprint density at radius 3 is 2.80 bits per heavy atom. The molecule has 0 aliphatic heterocycles. The second kappa shape index (κ2) is 7.47. The summed E-state index contributed by atoms with van der Waals surface area (Å²) >= 11 is 1.41. The van der Waals surface area contributed by atoms with Crippen molar-refractivity contribution in [3.05, 3.63) is 21.4 Å². The molecule has 0 aliphatic rings. The van der Waals surface area contributed by atoms with Crippen LogP contribution in [0, 0.1) is 24.2 Å². The standard InChI is InChI=1S/C16H23NO2S/c1-5-16(3,4)11-17-15(19)14-10-12(2)13(20-14)8-6-7-9-18/h10,18H,5,7,9,11H2,1-4H3,(H,17,19). The second-order valence-corrected chi connectivity index (χ2v) is 6.65. The maximum absolute atomic E-state index is 12.1. The second-order valence-electron chi connectivity index (χ2n) is 5.60. The Morgan fingerprint density at radius 1 is 1.50 bits per heavy atom. The van der Waals surface area contributed by atoms with Crippen molar-refractivity contribution in [3.63, 3.8) is 0 Å². The van der Waals surface area contributed by atoms with Gasteiger partial charge in [-0.25, -0.2) is 0 Å². The molecule has 110 valence electrons. The van der Waals surface area contributed by atoms with E-state index in [0.717, 1.165) is 16.9 Å². The quantitative estimate of drug-likeness (QED) is 0.820. The van der Waals surface area contributed by atoms with Gasteiger partial charge >= 0.3 is 0 Å². The average molecular weight is 293 g/mol. The molecule has 0 aliphatic carbocycles. The van der Waals surface area contributed by atoms with Gasteiger partial charge in [-0.15, -0.1) is 11.3 Å². The van der Waals surface area contributed by atoms with Crippen LogP contribution in [0.3, 0.4) is 0 Å². The Morgan fingerprint density at radius 2 is 2.20 bits per heavy atom. The van der Waals surface area contributed by atoms with Crippen LogP contribution in [0.4, 0.5) is 0 Å². The lowest BCUT2D eigenvalue weighted by Gasteiger charge is -2.22. The third-order valence-electron chi connectivity index (χ3n) is 3.26. The van der Waals surface area contributed by atoms with E-state index in [1.54, 1.807) is 0 Å². The molecule has 1 heterocycles. The van der Waals surface area contributed by atoms with Crippen molar-refractivity contribution >= 4 is 17.2 Å². The predicted octanol–water partition coefficient (Wildman–Crippen LogP) is 2.96. The van der Waals surface area contributed by atoms with Gasteiger partial charge in [0.15, 0.2) is 0 Å². The highest BCUT2D eigenvalue weighted by Crippen LogP contribution is 2.22. The predicted molar refractivity (Wildman–Crippen MR) is 84.0 cm³/mol. The summed E-state index contributed by atoms with van der Waals surface area (Å²) < 4.78 is 0. The summed E-state index contributed by atoms with van der Waals surface area (Å²) in [7, 11) is 0. The molecular formula is C16H23NO2S. The summed E-state index contributed by atoms with van der Waals surface area (Å²) in [6.07, 6.45) is 1.48. The first-order chi connectivity index (χ1) is 9.39. The Balaban J connectivity index is 2.71. The highest BCUT2D eigenvalue weighted by molar-refractivity contribution is 7.14. The lowest BCUT2D eigenvalue weighted by molar-refractivity contribution is 0.0940. The molecular weight excluding hydrogens is 270 g/mol. The minimum Gasteiger partial charge on any atom is -0.395 e. The number of hydrogen-bond acceptors (Lipinski definition) is 3. The zero-order chi connectivity index (χ0) is 15.2. The number of nitrogens with one attached hydrogen (secondary N) is 1. The molecule has 0 spiro atoms. The highest BCUT2D eigenvalue weighted by Gasteiger charge is 2.18. The number of aryl methyl sites for hydroxylation is 1. The Kier molecular flexibility index (Phi) is 6.25. The van der Waals surface area contributed by atoms with Crippen molar-refractivity contribution in [1.82, 2.24) is 5.32 Å². The number of carbonyl (C=O) groups is 1. The van der Waals surface area contributed by atoms with E-state index < -0.39 is 0 Å². The van der Waals surface area contributed by atoms with Gasteiger partial charge in [0.25, 0.3) is 5.91 Å². The van der Waals surface area contributed by atoms with Crippen molar-refractivity contribution in [2.24, 2.45) is 5.41 Å². The minimum absolute atomic E-state index is 0.0326. The monoisotopic (exact) mass is 293 g/mol. The Labute approximate surface area is 125 Å². The fourth-order valence-electron chi connectivity index (χ4n) is 1.45. The van der Waals surface area contributed by atoms with Gasteiger partial charge in [-0.05, 0) is 30.4 Å². The van der Waals surface area contributed by atoms with E-state index in [2.05, 4.69) is 37.9 Å². The molecule has 0 saturated carbocycles. The number of carbonyl (C=O) groups excluding carboxylic acids is 1. The summed E-state index contributed by atoms with van der Waals surface area (Å²) in [6, 6.07) is 1.88. The Hall–Kier alpha value is -1.31. The van der Waals surface area contributed by atoms with E-state index in [4.69, 9.17) is 5.11 Å². The largest absolute Gasteiger partial charge is 0.395 e. The molecule has 0 radical (unpaired) electrons. The van der Waals surface area contributed by atoms with Crippen LogP contribution in [0.2, 0.25) is 0 Å². The van der Waals surface area contributed by atoms with Crippen molar-refractivity contribution in [2.75, 3.05) is 13.2 Å². The van der Waals surface area contributed by atoms with E-state index in [1.807, 2.05) is 13.0 Å². The summed E-state index contributed by atoms with van der Waals surface area (Å²) in [5.41, 5.74) is 1.13. The lowest BCUT2D eigenvalue weighted by atomic mass is 9.90. The fourth-order valence-corrected chi connectivity index (χ4v) is 2.41. The van der Waals surface area contributed by atoms with Gasteiger partial charge in [-0.1, -0.05) is 32.6 Å². The molecule has 1 aromatic heterocycles. The van der Waals surface area contributed by atoms with Crippen molar-refractivity contribution < 1.29 is 9.90 Å². The van der Waals surface area contributed by atoms with E-state index in [-0.39, 0.29) is 17.9 Å². The van der Waals surface area contributed by atoms with Crippen LogP contribution in [-0.2, 0) is 0 Å². The maximum Gasteiger partial charge on any atom is 0.261 e. The molecule has 1 amide bonds. The van der Waals surface area contributed by atoms with Gasteiger partial charge in [0.1, 0.15) is 0 Å². The Bertz CT molecular complexity index is 520. The van der Waals surface area contributed by atoms with E-state index in [9.17, 15) is 4.79 Å². The molecule has 1 aromatic rings. The number of hydrogen-bond donors (Lipinski definition) is 2. The third-order valence-corrected chi connectivity index (χ3v) is 4.42. The molecule has 20 heavy (non-hydrogen) atoms. The molecule has 0 aromatic carbocycles. The van der Waals surface area contributed by atoms with Crippen LogP contribution in [-0.4, -0.2) is 24.2 Å². The summed E-state index contributed by atoms with van der Waals surface area (Å²) in [5, 5.41) is 11.7. The summed E-state index contributed by atoms with van der Waals surface area (Å²) in [5.74, 6) is 5.86. The van der Waals surface area contributed by atoms with Crippen LogP contribution in [0.25, 0.3) is 0 Å². The molecule has 0 fully saturated rings. The first-order valence-electron chi connectivity index (χ1n) is 6.88. The van der Waals surface area contributed by atoms with Crippen LogP contribution in [0.5, 0.6) is 0 Å². The average Bonchev–Trinajstić information content (AvgIpc) is 2.78. The van der Waals surface area contributed by atoms with Gasteiger partial charge in [-0.3, -0.25) is 4.79 Å². The maximum atomic E-state index is 12.1. The van der Waals surface area contributed by atoms with Gasteiger partial charge in [0.2, 0.25) is 0 Å². The van der Waals surface area contributed by atoms with Gasteiger partial charge in [-0.2, -0.15) is 0 Å².